The van der Waals surface area contributed by atoms with E-state index in [0.29, 0.717) is 13.0 Å². The summed E-state index contributed by atoms with van der Waals surface area (Å²) in [5.41, 5.74) is 3.73. The van der Waals surface area contributed by atoms with Gasteiger partial charge in [0.1, 0.15) is 5.01 Å². The Balaban J connectivity index is 1.61. The third kappa shape index (κ3) is 4.75. The second-order valence-electron chi connectivity index (χ2n) is 6.10. The molecule has 3 rings (SSSR count). The van der Waals surface area contributed by atoms with Gasteiger partial charge in [0.05, 0.1) is 11.4 Å². The van der Waals surface area contributed by atoms with Crippen LogP contribution in [0.4, 0.5) is 0 Å². The lowest BCUT2D eigenvalue weighted by atomic mass is 10.1. The number of nitrogens with zero attached hydrogens (tertiary/aromatic N) is 2. The van der Waals surface area contributed by atoms with Gasteiger partial charge in [0.2, 0.25) is 10.0 Å². The molecule has 0 aliphatic rings. The highest BCUT2D eigenvalue weighted by molar-refractivity contribution is 7.88. The minimum absolute atomic E-state index is 0.00226. The molecule has 26 heavy (non-hydrogen) atoms. The van der Waals surface area contributed by atoms with Gasteiger partial charge in [-0.05, 0) is 43.5 Å². The van der Waals surface area contributed by atoms with Crippen LogP contribution in [-0.2, 0) is 22.2 Å². The average molecular weight is 388 g/mol. The number of hydrogen-bond donors (Lipinski definition) is 1. The number of benzene rings is 1. The molecule has 0 spiro atoms. The van der Waals surface area contributed by atoms with E-state index >= 15 is 0 Å². The Hall–Kier alpha value is -2.09. The molecular formula is C19H21N3O2S2. The normalized spacial score (nSPS) is 11.6. The van der Waals surface area contributed by atoms with Crippen molar-refractivity contribution in [2.24, 2.45) is 0 Å². The van der Waals surface area contributed by atoms with Crippen LogP contribution in [0.15, 0.2) is 48.8 Å². The first-order chi connectivity index (χ1) is 12.4. The van der Waals surface area contributed by atoms with Gasteiger partial charge in [-0.1, -0.05) is 24.3 Å². The van der Waals surface area contributed by atoms with Gasteiger partial charge in [-0.3, -0.25) is 4.98 Å². The Morgan fingerprint density at radius 3 is 2.65 bits per heavy atom. The summed E-state index contributed by atoms with van der Waals surface area (Å²) >= 11 is 1.58. The van der Waals surface area contributed by atoms with E-state index in [0.717, 1.165) is 32.3 Å². The third-order valence-electron chi connectivity index (χ3n) is 4.08. The molecule has 0 saturated carbocycles. The van der Waals surface area contributed by atoms with E-state index in [4.69, 9.17) is 0 Å². The van der Waals surface area contributed by atoms with Crippen LogP contribution in [-0.4, -0.2) is 24.9 Å². The summed E-state index contributed by atoms with van der Waals surface area (Å²) < 4.78 is 27.3. The maximum atomic E-state index is 12.3. The molecule has 0 fully saturated rings. The molecule has 136 valence electrons. The van der Waals surface area contributed by atoms with Gasteiger partial charge in [-0.25, -0.2) is 18.1 Å². The van der Waals surface area contributed by atoms with E-state index in [-0.39, 0.29) is 5.75 Å². The number of thiazole rings is 1. The highest BCUT2D eigenvalue weighted by Crippen LogP contribution is 2.27. The quantitative estimate of drug-likeness (QED) is 0.674. The highest BCUT2D eigenvalue weighted by atomic mass is 32.2. The van der Waals surface area contributed by atoms with E-state index in [9.17, 15) is 8.42 Å². The molecule has 0 unspecified atom stereocenters. The van der Waals surface area contributed by atoms with Crippen LogP contribution < -0.4 is 4.72 Å². The van der Waals surface area contributed by atoms with Crippen LogP contribution in [0.2, 0.25) is 0 Å². The zero-order valence-electron chi connectivity index (χ0n) is 14.8. The van der Waals surface area contributed by atoms with Gasteiger partial charge in [-0.2, -0.15) is 0 Å². The number of sulfonamides is 1. The lowest BCUT2D eigenvalue weighted by Gasteiger charge is -2.08. The van der Waals surface area contributed by atoms with E-state index < -0.39 is 10.0 Å². The lowest BCUT2D eigenvalue weighted by molar-refractivity contribution is 0.580. The molecule has 1 aromatic carbocycles. The predicted molar refractivity (Wildman–Crippen MR) is 106 cm³/mol. The van der Waals surface area contributed by atoms with Crippen LogP contribution >= 0.6 is 11.3 Å². The molecule has 0 aliphatic carbocycles. The molecule has 7 heteroatoms. The Morgan fingerprint density at radius 1 is 1.12 bits per heavy atom. The average Bonchev–Trinajstić information content (AvgIpc) is 2.98. The number of aromatic nitrogens is 2. The molecule has 0 bridgehead atoms. The van der Waals surface area contributed by atoms with Crippen LogP contribution in [0.25, 0.3) is 10.6 Å². The SMILES string of the molecule is Cc1ccccc1CS(=O)(=O)NCCc1sc(-c2cccnc2)nc1C. The molecule has 0 radical (unpaired) electrons. The number of rotatable bonds is 7. The fraction of sp³-hybridized carbons (Fsp3) is 0.263. The molecule has 0 atom stereocenters. The van der Waals surface area contributed by atoms with Gasteiger partial charge in [0, 0.05) is 29.4 Å². The second-order valence-corrected chi connectivity index (χ2v) is 8.99. The minimum atomic E-state index is -3.36. The van der Waals surface area contributed by atoms with Gasteiger partial charge >= 0.3 is 0 Å². The zero-order chi connectivity index (χ0) is 18.6. The highest BCUT2D eigenvalue weighted by Gasteiger charge is 2.14. The summed E-state index contributed by atoms with van der Waals surface area (Å²) in [5.74, 6) is 0.00226. The monoisotopic (exact) mass is 387 g/mol. The first-order valence-electron chi connectivity index (χ1n) is 8.33. The molecule has 0 aliphatic heterocycles. The van der Waals surface area contributed by atoms with Crippen LogP contribution in [0.3, 0.4) is 0 Å². The largest absolute Gasteiger partial charge is 0.264 e. The Bertz CT molecular complexity index is 983. The van der Waals surface area contributed by atoms with Crippen molar-refractivity contribution in [1.82, 2.24) is 14.7 Å². The summed E-state index contributed by atoms with van der Waals surface area (Å²) in [5, 5.41) is 0.911. The maximum Gasteiger partial charge on any atom is 0.215 e. The van der Waals surface area contributed by atoms with Crippen molar-refractivity contribution < 1.29 is 8.42 Å². The summed E-state index contributed by atoms with van der Waals surface area (Å²) in [6, 6.07) is 11.4. The van der Waals surface area contributed by atoms with Gasteiger partial charge in [-0.15, -0.1) is 11.3 Å². The van der Waals surface area contributed by atoms with Crippen molar-refractivity contribution in [3.05, 3.63) is 70.5 Å². The first kappa shape index (κ1) is 18.7. The van der Waals surface area contributed by atoms with E-state index in [1.54, 1.807) is 23.7 Å². The smallest absolute Gasteiger partial charge is 0.215 e. The van der Waals surface area contributed by atoms with Gasteiger partial charge in [0.15, 0.2) is 0 Å². The Labute approximate surface area is 158 Å². The van der Waals surface area contributed by atoms with Crippen LogP contribution in [0.5, 0.6) is 0 Å². The maximum absolute atomic E-state index is 12.3. The molecule has 5 nitrogen and oxygen atoms in total. The topological polar surface area (TPSA) is 72.0 Å². The Kier molecular flexibility index (Phi) is 5.80. The summed E-state index contributed by atoms with van der Waals surface area (Å²) in [7, 11) is -3.36. The number of pyridine rings is 1. The third-order valence-corrected chi connectivity index (χ3v) is 6.68. The van der Waals surface area contributed by atoms with Crippen molar-refractivity contribution in [1.29, 1.82) is 0 Å². The van der Waals surface area contributed by atoms with Crippen molar-refractivity contribution in [2.45, 2.75) is 26.0 Å². The van der Waals surface area contributed by atoms with Crippen LogP contribution in [0.1, 0.15) is 21.7 Å². The van der Waals surface area contributed by atoms with Gasteiger partial charge < -0.3 is 0 Å². The van der Waals surface area contributed by atoms with Crippen LogP contribution in [0, 0.1) is 13.8 Å². The molecule has 3 aromatic rings. The lowest BCUT2D eigenvalue weighted by Crippen LogP contribution is -2.27. The molecule has 2 aromatic heterocycles. The summed E-state index contributed by atoms with van der Waals surface area (Å²) in [6.45, 7) is 4.24. The molecule has 0 amide bonds. The number of aryl methyl sites for hydroxylation is 2. The number of nitrogens with one attached hydrogen (secondary N) is 1. The van der Waals surface area contributed by atoms with Crippen molar-refractivity contribution in [3.63, 3.8) is 0 Å². The Morgan fingerprint density at radius 2 is 1.92 bits per heavy atom. The summed E-state index contributed by atoms with van der Waals surface area (Å²) in [4.78, 5) is 9.78. The van der Waals surface area contributed by atoms with Crippen molar-refractivity contribution in [2.75, 3.05) is 6.54 Å². The predicted octanol–water partition coefficient (Wildman–Crippen LogP) is 3.48. The molecule has 1 N–H and O–H groups in total. The van der Waals surface area contributed by atoms with Gasteiger partial charge in [0.25, 0.3) is 0 Å². The fourth-order valence-electron chi connectivity index (χ4n) is 2.62. The molecule has 0 saturated heterocycles. The number of hydrogen-bond acceptors (Lipinski definition) is 5. The van der Waals surface area contributed by atoms with E-state index in [1.165, 1.54) is 0 Å². The molecule has 2 heterocycles. The zero-order valence-corrected chi connectivity index (χ0v) is 16.4. The fourth-order valence-corrected chi connectivity index (χ4v) is 4.92. The standard InChI is InChI=1S/C19H21N3O2S2/c1-14-6-3-4-7-17(14)13-26(23,24)21-11-9-18-15(2)22-19(25-18)16-8-5-10-20-12-16/h3-8,10,12,21H,9,11,13H2,1-2H3. The first-order valence-corrected chi connectivity index (χ1v) is 10.8. The molecular weight excluding hydrogens is 366 g/mol. The minimum Gasteiger partial charge on any atom is -0.264 e. The van der Waals surface area contributed by atoms with E-state index in [1.807, 2.05) is 50.2 Å². The van der Waals surface area contributed by atoms with Crippen molar-refractivity contribution in [3.8, 4) is 10.6 Å². The summed E-state index contributed by atoms with van der Waals surface area (Å²) in [6.07, 6.45) is 4.14. The van der Waals surface area contributed by atoms with E-state index in [2.05, 4.69) is 14.7 Å². The van der Waals surface area contributed by atoms with Crippen molar-refractivity contribution >= 4 is 21.4 Å². The second kappa shape index (κ2) is 8.07.